The van der Waals surface area contributed by atoms with E-state index in [0.29, 0.717) is 10.2 Å². The Kier molecular flexibility index (Phi) is 4.23. The second kappa shape index (κ2) is 5.92. The summed E-state index contributed by atoms with van der Waals surface area (Å²) >= 11 is 3.13. The van der Waals surface area contributed by atoms with Gasteiger partial charge in [0.05, 0.1) is 16.8 Å². The number of phenolic OH excluding ortho intramolecular Hbond substituents is 1. The summed E-state index contributed by atoms with van der Waals surface area (Å²) in [6.45, 7) is 0. The van der Waals surface area contributed by atoms with Crippen molar-refractivity contribution in [2.45, 2.75) is 0 Å². The number of aromatic hydroxyl groups is 1. The molecular weight excluding hydrogens is 345 g/mol. The summed E-state index contributed by atoms with van der Waals surface area (Å²) in [5, 5.41) is 20.4. The molecule has 5 nitrogen and oxygen atoms in total. The Morgan fingerprint density at radius 3 is 2.43 bits per heavy atom. The third-order valence-electron chi connectivity index (χ3n) is 2.66. The first-order chi connectivity index (χ1) is 9.88. The summed E-state index contributed by atoms with van der Waals surface area (Å²) in [7, 11) is 0. The smallest absolute Gasteiger partial charge is 0.335 e. The number of carboxylic acid groups (broad SMARTS) is 1. The monoisotopic (exact) mass is 353 g/mol. The molecule has 0 heterocycles. The van der Waals surface area contributed by atoms with E-state index in [4.69, 9.17) is 10.2 Å². The molecule has 0 saturated heterocycles. The molecule has 21 heavy (non-hydrogen) atoms. The molecule has 0 aromatic heterocycles. The molecule has 2 aromatic carbocycles. The normalized spacial score (nSPS) is 10.2. The number of carbonyl (C=O) groups excluding carboxylic acids is 1. The first-order valence-electron chi connectivity index (χ1n) is 5.71. The van der Waals surface area contributed by atoms with E-state index in [9.17, 15) is 14.0 Å². The molecule has 108 valence electrons. The van der Waals surface area contributed by atoms with E-state index in [1.54, 1.807) is 0 Å². The van der Waals surface area contributed by atoms with Crippen LogP contribution in [0.25, 0.3) is 0 Å². The van der Waals surface area contributed by atoms with Crippen molar-refractivity contribution >= 4 is 33.5 Å². The van der Waals surface area contributed by atoms with Gasteiger partial charge in [-0.25, -0.2) is 9.18 Å². The number of phenols is 1. The summed E-state index contributed by atoms with van der Waals surface area (Å²) < 4.78 is 13.9. The van der Waals surface area contributed by atoms with Crippen molar-refractivity contribution in [2.75, 3.05) is 5.32 Å². The van der Waals surface area contributed by atoms with Gasteiger partial charge in [0.25, 0.3) is 5.91 Å². The van der Waals surface area contributed by atoms with Gasteiger partial charge in [0.2, 0.25) is 0 Å². The van der Waals surface area contributed by atoms with Gasteiger partial charge in [-0.15, -0.1) is 0 Å². The number of halogens is 2. The zero-order valence-corrected chi connectivity index (χ0v) is 12.0. The van der Waals surface area contributed by atoms with Crippen molar-refractivity contribution in [1.82, 2.24) is 0 Å². The minimum Gasteiger partial charge on any atom is -0.508 e. The molecule has 2 rings (SSSR count). The highest BCUT2D eigenvalue weighted by molar-refractivity contribution is 9.10. The van der Waals surface area contributed by atoms with Crippen LogP contribution in [0.15, 0.2) is 40.9 Å². The lowest BCUT2D eigenvalue weighted by atomic mass is 10.1. The molecule has 0 fully saturated rings. The van der Waals surface area contributed by atoms with E-state index >= 15 is 0 Å². The summed E-state index contributed by atoms with van der Waals surface area (Å²) in [4.78, 5) is 22.8. The van der Waals surface area contributed by atoms with Crippen LogP contribution in [0.4, 0.5) is 10.1 Å². The van der Waals surface area contributed by atoms with Crippen LogP contribution in [0.3, 0.4) is 0 Å². The number of nitrogens with one attached hydrogen (secondary N) is 1. The molecule has 7 heteroatoms. The zero-order chi connectivity index (χ0) is 15.6. The fourth-order valence-electron chi connectivity index (χ4n) is 1.63. The molecule has 0 spiro atoms. The Hall–Kier alpha value is -2.41. The van der Waals surface area contributed by atoms with E-state index < -0.39 is 17.7 Å². The molecule has 0 saturated carbocycles. The van der Waals surface area contributed by atoms with E-state index in [1.165, 1.54) is 24.3 Å². The first kappa shape index (κ1) is 15.0. The van der Waals surface area contributed by atoms with E-state index in [1.807, 2.05) is 0 Å². The van der Waals surface area contributed by atoms with Gasteiger partial charge in [0.15, 0.2) is 0 Å². The second-order valence-corrected chi connectivity index (χ2v) is 4.97. The number of rotatable bonds is 3. The molecule has 1 amide bonds. The molecule has 0 aliphatic carbocycles. The summed E-state index contributed by atoms with van der Waals surface area (Å²) in [5.74, 6) is -2.95. The standard InChI is InChI=1S/C14H9BrFNO4/c15-10-5-7(14(20)21)1-4-12(10)17-13(19)9-3-2-8(18)6-11(9)16/h1-6,18H,(H,17,19)(H,20,21). The molecule has 0 bridgehead atoms. The van der Waals surface area contributed by atoms with Crippen LogP contribution in [-0.4, -0.2) is 22.1 Å². The average molecular weight is 354 g/mol. The molecule has 0 aliphatic rings. The number of aromatic carboxylic acids is 1. The van der Waals surface area contributed by atoms with E-state index in [2.05, 4.69) is 21.2 Å². The van der Waals surface area contributed by atoms with E-state index in [-0.39, 0.29) is 16.9 Å². The second-order valence-electron chi connectivity index (χ2n) is 4.12. The predicted octanol–water partition coefficient (Wildman–Crippen LogP) is 3.24. The molecule has 2 aromatic rings. The van der Waals surface area contributed by atoms with Crippen molar-refractivity contribution in [3.63, 3.8) is 0 Å². The van der Waals surface area contributed by atoms with Crippen molar-refractivity contribution in [3.05, 3.63) is 57.8 Å². The zero-order valence-electron chi connectivity index (χ0n) is 10.4. The van der Waals surface area contributed by atoms with Gasteiger partial charge in [-0.1, -0.05) is 0 Å². The van der Waals surface area contributed by atoms with Gasteiger partial charge in [0.1, 0.15) is 11.6 Å². The Labute approximate surface area is 127 Å². The Balaban J connectivity index is 2.25. The lowest BCUT2D eigenvalue weighted by molar-refractivity contribution is 0.0696. The van der Waals surface area contributed by atoms with Gasteiger partial charge >= 0.3 is 5.97 Å². The summed E-state index contributed by atoms with van der Waals surface area (Å²) in [5.41, 5.74) is 0.121. The number of carbonyl (C=O) groups is 2. The maximum Gasteiger partial charge on any atom is 0.335 e. The highest BCUT2D eigenvalue weighted by Crippen LogP contribution is 2.25. The summed E-state index contributed by atoms with van der Waals surface area (Å²) in [6.07, 6.45) is 0. The molecule has 3 N–H and O–H groups in total. The quantitative estimate of drug-likeness (QED) is 0.790. The Bertz CT molecular complexity index is 733. The number of hydrogen-bond donors (Lipinski definition) is 3. The predicted molar refractivity (Wildman–Crippen MR) is 77.1 cm³/mol. The number of carboxylic acids is 1. The van der Waals surface area contributed by atoms with E-state index in [0.717, 1.165) is 12.1 Å². The Morgan fingerprint density at radius 1 is 1.14 bits per heavy atom. The van der Waals surface area contributed by atoms with Crippen LogP contribution in [0.2, 0.25) is 0 Å². The van der Waals surface area contributed by atoms with Gasteiger partial charge < -0.3 is 15.5 Å². The lowest BCUT2D eigenvalue weighted by Gasteiger charge is -2.09. The van der Waals surface area contributed by atoms with Crippen molar-refractivity contribution < 1.29 is 24.2 Å². The number of hydrogen-bond acceptors (Lipinski definition) is 3. The minimum atomic E-state index is -1.10. The van der Waals surface area contributed by atoms with Crippen molar-refractivity contribution in [1.29, 1.82) is 0 Å². The average Bonchev–Trinajstić information content (AvgIpc) is 2.40. The maximum atomic E-state index is 13.6. The van der Waals surface area contributed by atoms with Crippen LogP contribution in [-0.2, 0) is 0 Å². The van der Waals surface area contributed by atoms with Gasteiger partial charge in [-0.2, -0.15) is 0 Å². The van der Waals surface area contributed by atoms with Crippen LogP contribution >= 0.6 is 15.9 Å². The van der Waals surface area contributed by atoms with Crippen molar-refractivity contribution in [3.8, 4) is 5.75 Å². The number of amides is 1. The van der Waals surface area contributed by atoms with Crippen molar-refractivity contribution in [2.24, 2.45) is 0 Å². The largest absolute Gasteiger partial charge is 0.508 e. The number of anilines is 1. The highest BCUT2D eigenvalue weighted by atomic mass is 79.9. The summed E-state index contributed by atoms with van der Waals surface area (Å²) in [6, 6.07) is 7.21. The van der Waals surface area contributed by atoms with Crippen LogP contribution < -0.4 is 5.32 Å². The van der Waals surface area contributed by atoms with Crippen LogP contribution in [0, 0.1) is 5.82 Å². The molecular formula is C14H9BrFNO4. The van der Waals surface area contributed by atoms with Gasteiger partial charge in [-0.05, 0) is 46.3 Å². The van der Waals surface area contributed by atoms with Gasteiger partial charge in [0, 0.05) is 10.5 Å². The molecule has 0 unspecified atom stereocenters. The molecule has 0 aliphatic heterocycles. The topological polar surface area (TPSA) is 86.6 Å². The fraction of sp³-hybridized carbons (Fsp3) is 0. The van der Waals surface area contributed by atoms with Gasteiger partial charge in [-0.3, -0.25) is 4.79 Å². The van der Waals surface area contributed by atoms with Crippen LogP contribution in [0.5, 0.6) is 5.75 Å². The SMILES string of the molecule is O=C(O)c1ccc(NC(=O)c2ccc(O)cc2F)c(Br)c1. The minimum absolute atomic E-state index is 0.0516. The number of benzene rings is 2. The molecule has 0 atom stereocenters. The maximum absolute atomic E-state index is 13.6. The lowest BCUT2D eigenvalue weighted by Crippen LogP contribution is -2.14. The van der Waals surface area contributed by atoms with Crippen LogP contribution in [0.1, 0.15) is 20.7 Å². The highest BCUT2D eigenvalue weighted by Gasteiger charge is 2.14. The fourth-order valence-corrected chi connectivity index (χ4v) is 2.11. The molecule has 0 radical (unpaired) electrons. The third-order valence-corrected chi connectivity index (χ3v) is 3.32. The Morgan fingerprint density at radius 2 is 1.86 bits per heavy atom. The first-order valence-corrected chi connectivity index (χ1v) is 6.50. The third kappa shape index (κ3) is 3.38.